The average molecular weight is 268 g/mol. The molecule has 2 aliphatic rings. The fourth-order valence-corrected chi connectivity index (χ4v) is 3.60. The molecule has 1 aliphatic carbocycles. The number of quaternary nitrogens is 1. The van der Waals surface area contributed by atoms with Crippen LogP contribution in [0, 0.1) is 11.8 Å². The first kappa shape index (κ1) is 14.3. The average Bonchev–Trinajstić information content (AvgIpc) is 2.45. The third-order valence-electron chi connectivity index (χ3n) is 4.90. The second-order valence-electron chi connectivity index (χ2n) is 6.00. The summed E-state index contributed by atoms with van der Waals surface area (Å²) >= 11 is 0. The Balaban J connectivity index is 1.87. The second-order valence-corrected chi connectivity index (χ2v) is 6.00. The predicted octanol–water partition coefficient (Wildman–Crippen LogP) is -0.0745. The zero-order chi connectivity index (χ0) is 13.8. The van der Waals surface area contributed by atoms with Gasteiger partial charge in [0.2, 0.25) is 0 Å². The largest absolute Gasteiger partial charge is 0.341 e. The van der Waals surface area contributed by atoms with Gasteiger partial charge in [0.25, 0.3) is 5.91 Å². The minimum absolute atomic E-state index is 0.139. The normalized spacial score (nSPS) is 32.0. The third kappa shape index (κ3) is 3.47. The van der Waals surface area contributed by atoms with E-state index >= 15 is 0 Å². The second kappa shape index (κ2) is 6.37. The van der Waals surface area contributed by atoms with Gasteiger partial charge in [-0.25, -0.2) is 4.79 Å². The molecule has 1 saturated carbocycles. The summed E-state index contributed by atoms with van der Waals surface area (Å²) in [5.41, 5.74) is 0. The van der Waals surface area contributed by atoms with Crippen LogP contribution in [0.1, 0.15) is 39.0 Å². The fraction of sp³-hybridized carbons (Fsp3) is 0.857. The lowest BCUT2D eigenvalue weighted by Crippen LogP contribution is -3.18. The standard InChI is InChI=1S/C14H25N3O2/c1-10(13(18)16-14(19)15-2)17-8-7-11-5-3-4-6-12(11)9-17/h10-12H,3-9H2,1-2H3,(H2,15,16,18,19)/p+1/t10-,11+,12-/m1/s1. The van der Waals surface area contributed by atoms with E-state index in [1.54, 1.807) is 0 Å². The molecule has 1 unspecified atom stereocenters. The molecule has 0 aromatic carbocycles. The van der Waals surface area contributed by atoms with Crippen molar-refractivity contribution in [2.75, 3.05) is 20.1 Å². The Kier molecular flexibility index (Phi) is 4.80. The van der Waals surface area contributed by atoms with E-state index in [2.05, 4.69) is 10.6 Å². The molecule has 4 atom stereocenters. The molecule has 2 fully saturated rings. The van der Waals surface area contributed by atoms with Crippen molar-refractivity contribution in [3.05, 3.63) is 0 Å². The molecule has 19 heavy (non-hydrogen) atoms. The molecule has 5 nitrogen and oxygen atoms in total. The van der Waals surface area contributed by atoms with Gasteiger partial charge >= 0.3 is 6.03 Å². The van der Waals surface area contributed by atoms with E-state index in [9.17, 15) is 9.59 Å². The van der Waals surface area contributed by atoms with Crippen LogP contribution in [0.5, 0.6) is 0 Å². The van der Waals surface area contributed by atoms with Crippen LogP contribution in [0.3, 0.4) is 0 Å². The fourth-order valence-electron chi connectivity index (χ4n) is 3.60. The van der Waals surface area contributed by atoms with Gasteiger partial charge in [0.1, 0.15) is 0 Å². The van der Waals surface area contributed by atoms with Gasteiger partial charge in [-0.2, -0.15) is 0 Å². The molecule has 3 amide bonds. The van der Waals surface area contributed by atoms with Crippen LogP contribution in [-0.4, -0.2) is 38.1 Å². The van der Waals surface area contributed by atoms with Crippen molar-refractivity contribution in [3.8, 4) is 0 Å². The Morgan fingerprint density at radius 3 is 2.53 bits per heavy atom. The first-order valence-electron chi connectivity index (χ1n) is 7.49. The number of rotatable bonds is 2. The maximum atomic E-state index is 12.0. The van der Waals surface area contributed by atoms with Crippen LogP contribution in [0.2, 0.25) is 0 Å². The zero-order valence-corrected chi connectivity index (χ0v) is 12.0. The Morgan fingerprint density at radius 1 is 1.16 bits per heavy atom. The maximum absolute atomic E-state index is 12.0. The van der Waals surface area contributed by atoms with Gasteiger partial charge in [0.05, 0.1) is 13.1 Å². The minimum atomic E-state index is -0.413. The number of hydrogen-bond donors (Lipinski definition) is 3. The molecule has 0 spiro atoms. The van der Waals surface area contributed by atoms with Crippen LogP contribution < -0.4 is 15.5 Å². The maximum Gasteiger partial charge on any atom is 0.321 e. The van der Waals surface area contributed by atoms with Crippen LogP contribution in [0.25, 0.3) is 0 Å². The Hall–Kier alpha value is -1.10. The summed E-state index contributed by atoms with van der Waals surface area (Å²) in [6.45, 7) is 4.08. The highest BCUT2D eigenvalue weighted by atomic mass is 16.2. The Labute approximate surface area is 115 Å². The van der Waals surface area contributed by atoms with Gasteiger partial charge < -0.3 is 10.2 Å². The van der Waals surface area contributed by atoms with Crippen molar-refractivity contribution in [3.63, 3.8) is 0 Å². The molecule has 0 bridgehead atoms. The van der Waals surface area contributed by atoms with Crippen LogP contribution in [0.15, 0.2) is 0 Å². The van der Waals surface area contributed by atoms with Gasteiger partial charge in [-0.3, -0.25) is 10.1 Å². The summed E-state index contributed by atoms with van der Waals surface area (Å²) in [7, 11) is 1.52. The summed E-state index contributed by atoms with van der Waals surface area (Å²) < 4.78 is 0. The number of nitrogens with one attached hydrogen (secondary N) is 3. The molecule has 0 radical (unpaired) electrons. The number of urea groups is 1. The van der Waals surface area contributed by atoms with E-state index in [1.165, 1.54) is 44.1 Å². The highest BCUT2D eigenvalue weighted by molar-refractivity contribution is 5.96. The van der Waals surface area contributed by atoms with Crippen molar-refractivity contribution in [1.29, 1.82) is 0 Å². The molecule has 0 aromatic rings. The van der Waals surface area contributed by atoms with Crippen molar-refractivity contribution >= 4 is 11.9 Å². The van der Waals surface area contributed by atoms with Crippen molar-refractivity contribution in [2.45, 2.75) is 45.1 Å². The lowest BCUT2D eigenvalue weighted by atomic mass is 9.75. The van der Waals surface area contributed by atoms with Crippen molar-refractivity contribution in [1.82, 2.24) is 10.6 Å². The Morgan fingerprint density at radius 2 is 1.84 bits per heavy atom. The van der Waals surface area contributed by atoms with Gasteiger partial charge in [-0.05, 0) is 32.1 Å². The first-order chi connectivity index (χ1) is 9.11. The van der Waals surface area contributed by atoms with E-state index < -0.39 is 6.03 Å². The number of hydrogen-bond acceptors (Lipinski definition) is 2. The lowest BCUT2D eigenvalue weighted by molar-refractivity contribution is -0.924. The highest BCUT2D eigenvalue weighted by Crippen LogP contribution is 2.32. The van der Waals surface area contributed by atoms with Crippen molar-refractivity contribution in [2.24, 2.45) is 11.8 Å². The molecule has 3 N–H and O–H groups in total. The van der Waals surface area contributed by atoms with E-state index in [0.717, 1.165) is 24.9 Å². The van der Waals surface area contributed by atoms with Gasteiger partial charge in [-0.1, -0.05) is 12.8 Å². The van der Waals surface area contributed by atoms with E-state index in [0.29, 0.717) is 0 Å². The quantitative estimate of drug-likeness (QED) is 0.656. The molecular formula is C14H26N3O2+. The van der Waals surface area contributed by atoms with Crippen LogP contribution in [0.4, 0.5) is 4.79 Å². The number of likely N-dealkylation sites (tertiary alicyclic amines) is 1. The molecule has 5 heteroatoms. The number of amides is 3. The van der Waals surface area contributed by atoms with Crippen LogP contribution in [-0.2, 0) is 4.79 Å². The number of piperidine rings is 1. The van der Waals surface area contributed by atoms with Crippen LogP contribution >= 0.6 is 0 Å². The molecule has 2 rings (SSSR count). The predicted molar refractivity (Wildman–Crippen MR) is 72.8 cm³/mol. The van der Waals surface area contributed by atoms with E-state index in [1.807, 2.05) is 6.92 Å². The highest BCUT2D eigenvalue weighted by Gasteiger charge is 2.37. The smallest absolute Gasteiger partial charge is 0.321 e. The van der Waals surface area contributed by atoms with E-state index in [-0.39, 0.29) is 11.9 Å². The third-order valence-corrected chi connectivity index (χ3v) is 4.90. The molecular weight excluding hydrogens is 242 g/mol. The van der Waals surface area contributed by atoms with Crippen molar-refractivity contribution < 1.29 is 14.5 Å². The van der Waals surface area contributed by atoms with E-state index in [4.69, 9.17) is 0 Å². The summed E-state index contributed by atoms with van der Waals surface area (Å²) in [5, 5.41) is 4.81. The summed E-state index contributed by atoms with van der Waals surface area (Å²) in [6.07, 6.45) is 6.64. The van der Waals surface area contributed by atoms with Gasteiger partial charge in [-0.15, -0.1) is 0 Å². The zero-order valence-electron chi connectivity index (χ0n) is 12.0. The Bertz CT molecular complexity index is 346. The number of carbonyl (C=O) groups excluding carboxylic acids is 2. The summed E-state index contributed by atoms with van der Waals surface area (Å²) in [4.78, 5) is 24.5. The molecule has 1 saturated heterocycles. The lowest BCUT2D eigenvalue weighted by Gasteiger charge is -2.40. The number of fused-ring (bicyclic) bond motifs is 1. The molecule has 0 aromatic heterocycles. The summed E-state index contributed by atoms with van der Waals surface area (Å²) in [6, 6.07) is -0.552. The molecule has 1 aliphatic heterocycles. The first-order valence-corrected chi connectivity index (χ1v) is 7.49. The number of imide groups is 1. The molecule has 1 heterocycles. The number of carbonyl (C=O) groups is 2. The monoisotopic (exact) mass is 268 g/mol. The topological polar surface area (TPSA) is 62.6 Å². The minimum Gasteiger partial charge on any atom is -0.341 e. The molecule has 108 valence electrons. The van der Waals surface area contributed by atoms with Gasteiger partial charge in [0.15, 0.2) is 6.04 Å². The van der Waals surface area contributed by atoms with Gasteiger partial charge in [0, 0.05) is 13.0 Å². The SMILES string of the molecule is CNC(=O)NC(=O)[C@@H](C)[NH+]1CC[C@@H]2CCCC[C@@H]2C1. The summed E-state index contributed by atoms with van der Waals surface area (Å²) in [5.74, 6) is 1.50.